The molecule has 4 amide bonds. The standard InChI is InChI=1S/C16H23N5O3S/c1-15(2)8-4-5-16(15,3)10(6-8)20-21-14-19-12(23)9(25-14)7-11(22)18-13(17)24/h8-9H,4-7H2,1-3H3,(H,19,21,23)(H3,17,18,22,24)/b20-10-/t8-,9+,16+/m1/s1. The normalized spacial score (nSPS) is 36.0. The second kappa shape index (κ2) is 6.12. The molecule has 8 nitrogen and oxygen atoms in total. The summed E-state index contributed by atoms with van der Waals surface area (Å²) in [7, 11) is 0. The van der Waals surface area contributed by atoms with Gasteiger partial charge in [-0.2, -0.15) is 5.10 Å². The van der Waals surface area contributed by atoms with Gasteiger partial charge in [0, 0.05) is 17.5 Å². The number of fused-ring (bicyclic) bond motifs is 2. The molecule has 1 saturated heterocycles. The summed E-state index contributed by atoms with van der Waals surface area (Å²) in [6.45, 7) is 6.83. The maximum absolute atomic E-state index is 11.9. The van der Waals surface area contributed by atoms with Gasteiger partial charge in [0.25, 0.3) is 0 Å². The van der Waals surface area contributed by atoms with Gasteiger partial charge in [0.1, 0.15) is 5.25 Å². The van der Waals surface area contributed by atoms with Crippen LogP contribution in [0.25, 0.3) is 0 Å². The number of rotatable bonds is 3. The molecule has 136 valence electrons. The van der Waals surface area contributed by atoms with Gasteiger partial charge in [-0.3, -0.25) is 14.9 Å². The van der Waals surface area contributed by atoms with Crippen LogP contribution in [0.15, 0.2) is 10.2 Å². The Morgan fingerprint density at radius 2 is 2.08 bits per heavy atom. The van der Waals surface area contributed by atoms with Crippen LogP contribution in [0.3, 0.4) is 0 Å². The number of carbonyl (C=O) groups is 3. The van der Waals surface area contributed by atoms with Gasteiger partial charge in [0.15, 0.2) is 5.17 Å². The van der Waals surface area contributed by atoms with E-state index in [9.17, 15) is 14.4 Å². The Morgan fingerprint density at radius 3 is 2.64 bits per heavy atom. The molecule has 0 radical (unpaired) electrons. The van der Waals surface area contributed by atoms with Crippen molar-refractivity contribution in [2.75, 3.05) is 0 Å². The number of hydrogen-bond donors (Lipinski definition) is 3. The summed E-state index contributed by atoms with van der Waals surface area (Å²) in [6.07, 6.45) is 3.15. The quantitative estimate of drug-likeness (QED) is 0.653. The van der Waals surface area contributed by atoms with E-state index in [0.717, 1.165) is 30.3 Å². The van der Waals surface area contributed by atoms with Crippen LogP contribution in [0, 0.1) is 16.7 Å². The third-order valence-electron chi connectivity index (χ3n) is 6.18. The maximum Gasteiger partial charge on any atom is 0.318 e. The van der Waals surface area contributed by atoms with Crippen molar-refractivity contribution in [1.29, 1.82) is 0 Å². The van der Waals surface area contributed by atoms with Gasteiger partial charge in [-0.15, -0.1) is 5.10 Å². The SMILES string of the molecule is CC1(C)[C@@H]2CC[C@@]1(C)/C(=N\N=C1\NC(=O)[C@H](CC(=O)NC(N)=O)S1)C2. The summed E-state index contributed by atoms with van der Waals surface area (Å²) >= 11 is 1.15. The van der Waals surface area contributed by atoms with Gasteiger partial charge in [0.2, 0.25) is 11.8 Å². The molecule has 3 fully saturated rings. The number of thioether (sulfide) groups is 1. The highest BCUT2D eigenvalue weighted by atomic mass is 32.2. The molecule has 25 heavy (non-hydrogen) atoms. The zero-order valence-corrected chi connectivity index (χ0v) is 15.4. The molecular formula is C16H23N5O3S. The topological polar surface area (TPSA) is 126 Å². The molecule has 2 saturated carbocycles. The third kappa shape index (κ3) is 3.05. The van der Waals surface area contributed by atoms with Gasteiger partial charge in [-0.05, 0) is 30.6 Å². The molecule has 0 spiro atoms. The van der Waals surface area contributed by atoms with Gasteiger partial charge in [0.05, 0.1) is 0 Å². The van der Waals surface area contributed by atoms with E-state index in [4.69, 9.17) is 5.73 Å². The molecule has 1 heterocycles. The van der Waals surface area contributed by atoms with Crippen LogP contribution in [0.2, 0.25) is 0 Å². The van der Waals surface area contributed by atoms with Crippen LogP contribution in [-0.4, -0.2) is 34.0 Å². The summed E-state index contributed by atoms with van der Waals surface area (Å²) in [4.78, 5) is 34.2. The minimum absolute atomic E-state index is 0.0514. The smallest absolute Gasteiger partial charge is 0.318 e. The second-order valence-electron chi connectivity index (χ2n) is 7.66. The van der Waals surface area contributed by atoms with Crippen molar-refractivity contribution in [3.05, 3.63) is 0 Å². The summed E-state index contributed by atoms with van der Waals surface area (Å²) in [6, 6.07) is -0.930. The Morgan fingerprint density at radius 1 is 1.36 bits per heavy atom. The fraction of sp³-hybridized carbons (Fsp3) is 0.688. The highest BCUT2D eigenvalue weighted by Gasteiger charge is 2.60. The maximum atomic E-state index is 11.9. The molecular weight excluding hydrogens is 342 g/mol. The molecule has 0 unspecified atom stereocenters. The number of nitrogens with zero attached hydrogens (tertiary/aromatic N) is 2. The van der Waals surface area contributed by atoms with E-state index in [1.165, 1.54) is 6.42 Å². The summed E-state index contributed by atoms with van der Waals surface area (Å²) in [5.41, 5.74) is 6.25. The Bertz CT molecular complexity index is 702. The van der Waals surface area contributed by atoms with Crippen LogP contribution in [0.5, 0.6) is 0 Å². The van der Waals surface area contributed by atoms with E-state index >= 15 is 0 Å². The lowest BCUT2D eigenvalue weighted by Crippen LogP contribution is -2.37. The van der Waals surface area contributed by atoms with Gasteiger partial charge in [-0.25, -0.2) is 4.79 Å². The number of nitrogens with two attached hydrogens (primary N) is 1. The highest BCUT2D eigenvalue weighted by molar-refractivity contribution is 8.15. The molecule has 4 N–H and O–H groups in total. The lowest BCUT2D eigenvalue weighted by atomic mass is 9.70. The van der Waals surface area contributed by atoms with Crippen LogP contribution < -0.4 is 16.4 Å². The van der Waals surface area contributed by atoms with Crippen LogP contribution in [0.4, 0.5) is 4.79 Å². The lowest BCUT2D eigenvalue weighted by Gasteiger charge is -2.34. The van der Waals surface area contributed by atoms with Gasteiger partial charge >= 0.3 is 6.03 Å². The van der Waals surface area contributed by atoms with Crippen molar-refractivity contribution in [3.8, 4) is 0 Å². The van der Waals surface area contributed by atoms with Crippen LogP contribution in [0.1, 0.15) is 46.5 Å². The predicted molar refractivity (Wildman–Crippen MR) is 96.0 cm³/mol. The first-order chi connectivity index (χ1) is 11.6. The lowest BCUT2D eigenvalue weighted by molar-refractivity contribution is -0.124. The molecule has 2 bridgehead atoms. The third-order valence-corrected chi connectivity index (χ3v) is 7.26. The van der Waals surface area contributed by atoms with Crippen molar-refractivity contribution in [1.82, 2.24) is 10.6 Å². The first-order valence-electron chi connectivity index (χ1n) is 8.35. The molecule has 3 aliphatic rings. The highest BCUT2D eigenvalue weighted by Crippen LogP contribution is 2.64. The largest absolute Gasteiger partial charge is 0.351 e. The number of nitrogens with one attached hydrogen (secondary N) is 2. The molecule has 2 aliphatic carbocycles. The number of hydrogen-bond acceptors (Lipinski definition) is 6. The molecule has 9 heteroatoms. The van der Waals surface area contributed by atoms with Crippen molar-refractivity contribution in [2.45, 2.75) is 51.7 Å². The van der Waals surface area contributed by atoms with E-state index in [1.54, 1.807) is 0 Å². The first kappa shape index (κ1) is 17.9. The van der Waals surface area contributed by atoms with Gasteiger partial charge in [-0.1, -0.05) is 32.5 Å². The average molecular weight is 365 g/mol. The van der Waals surface area contributed by atoms with Crippen molar-refractivity contribution in [2.24, 2.45) is 32.7 Å². The zero-order valence-electron chi connectivity index (χ0n) is 14.6. The number of urea groups is 1. The number of amidine groups is 1. The minimum Gasteiger partial charge on any atom is -0.351 e. The minimum atomic E-state index is -0.930. The Kier molecular flexibility index (Phi) is 4.38. The Hall–Kier alpha value is -1.90. The molecule has 0 aromatic rings. The Balaban J connectivity index is 1.67. The molecule has 0 aromatic heterocycles. The summed E-state index contributed by atoms with van der Waals surface area (Å²) < 4.78 is 0. The summed E-state index contributed by atoms with van der Waals surface area (Å²) in [5.74, 6) is -0.273. The molecule has 1 aliphatic heterocycles. The van der Waals surface area contributed by atoms with Crippen molar-refractivity contribution < 1.29 is 14.4 Å². The van der Waals surface area contributed by atoms with E-state index in [-0.39, 0.29) is 23.2 Å². The fourth-order valence-electron chi connectivity index (χ4n) is 4.13. The van der Waals surface area contributed by atoms with E-state index in [2.05, 4.69) is 36.3 Å². The monoisotopic (exact) mass is 365 g/mol. The second-order valence-corrected chi connectivity index (χ2v) is 8.85. The van der Waals surface area contributed by atoms with Crippen LogP contribution in [-0.2, 0) is 9.59 Å². The first-order valence-corrected chi connectivity index (χ1v) is 9.23. The average Bonchev–Trinajstić information content (AvgIpc) is 3.01. The summed E-state index contributed by atoms with van der Waals surface area (Å²) in [5, 5.41) is 13.0. The number of carbonyl (C=O) groups excluding carboxylic acids is 3. The Labute approximate surface area is 150 Å². The zero-order chi connectivity index (χ0) is 18.4. The van der Waals surface area contributed by atoms with E-state index in [0.29, 0.717) is 11.1 Å². The molecule has 3 rings (SSSR count). The molecule has 0 aromatic carbocycles. The van der Waals surface area contributed by atoms with Crippen molar-refractivity contribution >= 4 is 40.5 Å². The van der Waals surface area contributed by atoms with Crippen molar-refractivity contribution in [3.63, 3.8) is 0 Å². The van der Waals surface area contributed by atoms with E-state index in [1.807, 2.05) is 5.32 Å². The number of amides is 4. The number of imide groups is 1. The molecule has 3 atom stereocenters. The number of primary amides is 1. The van der Waals surface area contributed by atoms with Gasteiger partial charge < -0.3 is 11.1 Å². The fourth-order valence-corrected chi connectivity index (χ4v) is 5.05. The predicted octanol–water partition coefficient (Wildman–Crippen LogP) is 1.36. The van der Waals surface area contributed by atoms with Crippen LogP contribution >= 0.6 is 11.8 Å². The van der Waals surface area contributed by atoms with E-state index < -0.39 is 17.2 Å².